The molecule has 0 aromatic heterocycles. The molecule has 1 rings (SSSR count). The van der Waals surface area contributed by atoms with Gasteiger partial charge in [-0.3, -0.25) is 9.59 Å². The van der Waals surface area contributed by atoms with E-state index in [1.807, 2.05) is 0 Å². The Morgan fingerprint density at radius 2 is 2.12 bits per heavy atom. The Labute approximate surface area is 105 Å². The number of hydrogen-bond donors (Lipinski definition) is 3. The van der Waals surface area contributed by atoms with E-state index in [2.05, 4.69) is 21.2 Å². The maximum Gasteiger partial charge on any atom is 0.241 e. The molecular formula is C10H11BrFN3O2. The molecule has 0 fully saturated rings. The number of primary amides is 1. The van der Waals surface area contributed by atoms with Gasteiger partial charge in [0.25, 0.3) is 0 Å². The first-order valence-corrected chi connectivity index (χ1v) is 5.49. The molecule has 17 heavy (non-hydrogen) atoms. The summed E-state index contributed by atoms with van der Waals surface area (Å²) in [5, 5.41) is 2.28. The molecule has 0 bridgehead atoms. The van der Waals surface area contributed by atoms with Crippen molar-refractivity contribution in [3.8, 4) is 0 Å². The van der Waals surface area contributed by atoms with Crippen LogP contribution in [-0.2, 0) is 9.59 Å². The fourth-order valence-electron chi connectivity index (χ4n) is 1.13. The van der Waals surface area contributed by atoms with Crippen molar-refractivity contribution in [2.75, 3.05) is 5.32 Å². The van der Waals surface area contributed by atoms with Crippen LogP contribution in [0.2, 0.25) is 0 Å². The van der Waals surface area contributed by atoms with Crippen LogP contribution >= 0.6 is 15.9 Å². The Balaban J connectivity index is 2.73. The monoisotopic (exact) mass is 303 g/mol. The van der Waals surface area contributed by atoms with Crippen molar-refractivity contribution in [2.45, 2.75) is 12.5 Å². The van der Waals surface area contributed by atoms with Crippen molar-refractivity contribution in [3.63, 3.8) is 0 Å². The van der Waals surface area contributed by atoms with Gasteiger partial charge in [-0.25, -0.2) is 4.39 Å². The Hall–Kier alpha value is -1.47. The van der Waals surface area contributed by atoms with Crippen LogP contribution in [0.3, 0.4) is 0 Å². The first-order valence-electron chi connectivity index (χ1n) is 4.70. The second kappa shape index (κ2) is 5.74. The molecule has 2 amide bonds. The van der Waals surface area contributed by atoms with Crippen LogP contribution in [0.1, 0.15) is 6.42 Å². The maximum atomic E-state index is 13.3. The quantitative estimate of drug-likeness (QED) is 0.764. The lowest BCUT2D eigenvalue weighted by Gasteiger charge is -2.11. The van der Waals surface area contributed by atoms with Crippen molar-refractivity contribution < 1.29 is 14.0 Å². The van der Waals surface area contributed by atoms with Gasteiger partial charge in [0.05, 0.1) is 18.2 Å². The molecule has 0 saturated carbocycles. The molecule has 5 N–H and O–H groups in total. The zero-order valence-corrected chi connectivity index (χ0v) is 10.3. The molecule has 7 heteroatoms. The van der Waals surface area contributed by atoms with Crippen LogP contribution in [0.5, 0.6) is 0 Å². The molecule has 1 atom stereocenters. The van der Waals surface area contributed by atoms with Gasteiger partial charge in [-0.2, -0.15) is 0 Å². The summed E-state index contributed by atoms with van der Waals surface area (Å²) in [7, 11) is 0. The van der Waals surface area contributed by atoms with Gasteiger partial charge in [0.1, 0.15) is 5.82 Å². The second-order valence-electron chi connectivity index (χ2n) is 3.39. The van der Waals surface area contributed by atoms with Crippen LogP contribution in [0.25, 0.3) is 0 Å². The Kier molecular flexibility index (Phi) is 4.59. The molecule has 0 radical (unpaired) electrons. The molecule has 0 spiro atoms. The summed E-state index contributed by atoms with van der Waals surface area (Å²) in [5.41, 5.74) is 10.3. The van der Waals surface area contributed by atoms with E-state index in [4.69, 9.17) is 11.5 Å². The Morgan fingerprint density at radius 3 is 2.71 bits per heavy atom. The molecule has 92 valence electrons. The van der Waals surface area contributed by atoms with E-state index < -0.39 is 23.7 Å². The minimum Gasteiger partial charge on any atom is -0.370 e. The molecule has 0 heterocycles. The molecule has 1 unspecified atom stereocenters. The number of benzene rings is 1. The molecule has 0 saturated heterocycles. The van der Waals surface area contributed by atoms with Gasteiger partial charge in [0, 0.05) is 4.47 Å². The SMILES string of the molecule is NC(=O)CC(N)C(=O)Nc1cc(Br)ccc1F. The van der Waals surface area contributed by atoms with E-state index in [1.54, 1.807) is 0 Å². The van der Waals surface area contributed by atoms with Crippen LogP contribution < -0.4 is 16.8 Å². The zero-order chi connectivity index (χ0) is 13.0. The number of anilines is 1. The number of halogens is 2. The number of hydrogen-bond acceptors (Lipinski definition) is 3. The number of nitrogens with two attached hydrogens (primary N) is 2. The highest BCUT2D eigenvalue weighted by molar-refractivity contribution is 9.10. The lowest BCUT2D eigenvalue weighted by atomic mass is 10.2. The lowest BCUT2D eigenvalue weighted by molar-refractivity contribution is -0.123. The van der Waals surface area contributed by atoms with E-state index >= 15 is 0 Å². The molecule has 0 aliphatic carbocycles. The predicted octanol–water partition coefficient (Wildman–Crippen LogP) is 0.729. The predicted molar refractivity (Wildman–Crippen MR) is 64.5 cm³/mol. The number of carbonyl (C=O) groups is 2. The van der Waals surface area contributed by atoms with E-state index in [0.29, 0.717) is 4.47 Å². The van der Waals surface area contributed by atoms with E-state index in [0.717, 1.165) is 0 Å². The summed E-state index contributed by atoms with van der Waals surface area (Å²) in [4.78, 5) is 22.1. The summed E-state index contributed by atoms with van der Waals surface area (Å²) < 4.78 is 13.9. The molecule has 1 aromatic rings. The summed E-state index contributed by atoms with van der Waals surface area (Å²) in [6, 6.07) is 2.99. The Bertz CT molecular complexity index is 453. The van der Waals surface area contributed by atoms with Crippen LogP contribution in [-0.4, -0.2) is 17.9 Å². The molecule has 1 aromatic carbocycles. The van der Waals surface area contributed by atoms with Crippen molar-refractivity contribution in [2.24, 2.45) is 11.5 Å². The van der Waals surface area contributed by atoms with Crippen molar-refractivity contribution >= 4 is 33.4 Å². The maximum absolute atomic E-state index is 13.3. The number of rotatable bonds is 4. The van der Waals surface area contributed by atoms with Gasteiger partial charge in [-0.05, 0) is 18.2 Å². The lowest BCUT2D eigenvalue weighted by Crippen LogP contribution is -2.39. The number of amides is 2. The summed E-state index contributed by atoms with van der Waals surface area (Å²) in [6.45, 7) is 0. The van der Waals surface area contributed by atoms with Gasteiger partial charge in [-0.15, -0.1) is 0 Å². The molecule has 0 aliphatic rings. The fraction of sp³-hybridized carbons (Fsp3) is 0.200. The van der Waals surface area contributed by atoms with Gasteiger partial charge >= 0.3 is 0 Å². The van der Waals surface area contributed by atoms with Crippen molar-refractivity contribution in [1.82, 2.24) is 0 Å². The fourth-order valence-corrected chi connectivity index (χ4v) is 1.49. The highest BCUT2D eigenvalue weighted by Crippen LogP contribution is 2.20. The average Bonchev–Trinajstić information content (AvgIpc) is 2.22. The van der Waals surface area contributed by atoms with Crippen LogP contribution in [0.15, 0.2) is 22.7 Å². The highest BCUT2D eigenvalue weighted by Gasteiger charge is 2.17. The summed E-state index contributed by atoms with van der Waals surface area (Å²) in [5.74, 6) is -1.95. The molecular weight excluding hydrogens is 293 g/mol. The van der Waals surface area contributed by atoms with Crippen molar-refractivity contribution in [1.29, 1.82) is 0 Å². The van der Waals surface area contributed by atoms with Gasteiger partial charge in [-0.1, -0.05) is 15.9 Å². The molecule has 0 aliphatic heterocycles. The van der Waals surface area contributed by atoms with Gasteiger partial charge in [0.15, 0.2) is 0 Å². The standard InChI is InChI=1S/C10H11BrFN3O2/c11-5-1-2-6(12)8(3-5)15-10(17)7(13)4-9(14)16/h1-3,7H,4,13H2,(H2,14,16)(H,15,17). The number of nitrogens with one attached hydrogen (secondary N) is 1. The Morgan fingerprint density at radius 1 is 1.47 bits per heavy atom. The van der Waals surface area contributed by atoms with Gasteiger partial charge in [0.2, 0.25) is 11.8 Å². The third kappa shape index (κ3) is 4.12. The average molecular weight is 304 g/mol. The smallest absolute Gasteiger partial charge is 0.241 e. The van der Waals surface area contributed by atoms with Gasteiger partial charge < -0.3 is 16.8 Å². The van der Waals surface area contributed by atoms with E-state index in [1.165, 1.54) is 18.2 Å². The molecule has 5 nitrogen and oxygen atoms in total. The zero-order valence-electron chi connectivity index (χ0n) is 8.74. The first kappa shape index (κ1) is 13.6. The normalized spacial score (nSPS) is 11.9. The summed E-state index contributed by atoms with van der Waals surface area (Å²) >= 11 is 3.14. The third-order valence-electron chi connectivity index (χ3n) is 1.94. The largest absolute Gasteiger partial charge is 0.370 e. The van der Waals surface area contributed by atoms with Crippen molar-refractivity contribution in [3.05, 3.63) is 28.5 Å². The van der Waals surface area contributed by atoms with Crippen LogP contribution in [0, 0.1) is 5.82 Å². The third-order valence-corrected chi connectivity index (χ3v) is 2.44. The number of carbonyl (C=O) groups excluding carboxylic acids is 2. The minimum absolute atomic E-state index is 0.00991. The van der Waals surface area contributed by atoms with E-state index in [-0.39, 0.29) is 12.1 Å². The first-order chi connectivity index (χ1) is 7.90. The topological polar surface area (TPSA) is 98.2 Å². The van der Waals surface area contributed by atoms with E-state index in [9.17, 15) is 14.0 Å². The highest BCUT2D eigenvalue weighted by atomic mass is 79.9. The summed E-state index contributed by atoms with van der Waals surface area (Å²) in [6.07, 6.45) is -0.290. The minimum atomic E-state index is -1.09. The second-order valence-corrected chi connectivity index (χ2v) is 4.31. The van der Waals surface area contributed by atoms with Crippen LogP contribution in [0.4, 0.5) is 10.1 Å².